The van der Waals surface area contributed by atoms with E-state index in [-0.39, 0.29) is 22.8 Å². The molecule has 4 aromatic rings. The highest BCUT2D eigenvalue weighted by molar-refractivity contribution is 6.21. The summed E-state index contributed by atoms with van der Waals surface area (Å²) in [7, 11) is 0. The smallest absolute Gasteiger partial charge is 0.343 e. The molecule has 28 heavy (non-hydrogen) atoms. The number of hydrogen-bond acceptors (Lipinski definition) is 8. The highest BCUT2D eigenvalue weighted by Gasteiger charge is 2.34. The second kappa shape index (κ2) is 5.78. The molecule has 0 bridgehead atoms. The first kappa shape index (κ1) is 16.2. The van der Waals surface area contributed by atoms with Crippen LogP contribution in [0.3, 0.4) is 0 Å². The second-order valence-electron chi connectivity index (χ2n) is 6.46. The summed E-state index contributed by atoms with van der Waals surface area (Å²) < 4.78 is 10.2. The molecule has 5 rings (SSSR count). The van der Waals surface area contributed by atoms with Crippen LogP contribution in [0.5, 0.6) is 5.75 Å². The second-order valence-corrected chi connectivity index (χ2v) is 6.46. The summed E-state index contributed by atoms with van der Waals surface area (Å²) in [6.45, 7) is 3.61. The van der Waals surface area contributed by atoms with E-state index in [0.717, 1.165) is 0 Å². The van der Waals surface area contributed by atoms with Crippen LogP contribution in [0.15, 0.2) is 41.0 Å². The van der Waals surface area contributed by atoms with E-state index in [9.17, 15) is 9.59 Å². The van der Waals surface area contributed by atoms with E-state index in [1.54, 1.807) is 37.3 Å². The first-order chi connectivity index (χ1) is 13.5. The molecule has 0 unspecified atom stereocenters. The number of fused-ring (bicyclic) bond motifs is 4. The number of ketones is 1. The molecule has 136 valence electrons. The lowest BCUT2D eigenvalue weighted by molar-refractivity contribution is 0.0733. The van der Waals surface area contributed by atoms with Gasteiger partial charge in [0, 0.05) is 11.1 Å². The van der Waals surface area contributed by atoms with Gasteiger partial charge in [0.25, 0.3) is 0 Å². The summed E-state index contributed by atoms with van der Waals surface area (Å²) in [5.74, 6) is -0.357. The van der Waals surface area contributed by atoms with Crippen LogP contribution in [0.2, 0.25) is 0 Å². The molecule has 2 aromatic heterocycles. The maximum Gasteiger partial charge on any atom is 0.343 e. The molecule has 0 fully saturated rings. The Kier molecular flexibility index (Phi) is 3.35. The maximum atomic E-state index is 12.9. The first-order valence-corrected chi connectivity index (χ1v) is 8.51. The predicted octanol–water partition coefficient (Wildman–Crippen LogP) is 3.06. The molecule has 0 saturated carbocycles. The Balaban J connectivity index is 1.65. The topological polar surface area (TPSA) is 108 Å². The zero-order chi connectivity index (χ0) is 19.4. The van der Waals surface area contributed by atoms with E-state index in [2.05, 4.69) is 24.9 Å². The number of carbonyl (C=O) groups excluding carboxylic acids is 2. The molecule has 1 aliphatic carbocycles. The van der Waals surface area contributed by atoms with Gasteiger partial charge in [0.1, 0.15) is 17.1 Å². The Hall–Kier alpha value is -3.94. The summed E-state index contributed by atoms with van der Waals surface area (Å²) in [6.07, 6.45) is 0. The van der Waals surface area contributed by atoms with Crippen LogP contribution < -0.4 is 4.74 Å². The van der Waals surface area contributed by atoms with Gasteiger partial charge in [-0.25, -0.2) is 19.4 Å². The normalized spacial score (nSPS) is 12.1. The standard InChI is InChI=1S/C20H12N4O4/c1-9-10(2)14-12(8-13(9)27-20(26)11-6-4-3-5-7-11)15-16(17(14)25)22-19-18(21-15)23-28-24-19/h3-8H,1-2H3. The van der Waals surface area contributed by atoms with Crippen LogP contribution in [0.1, 0.15) is 37.5 Å². The van der Waals surface area contributed by atoms with Crippen LogP contribution in [0.4, 0.5) is 0 Å². The van der Waals surface area contributed by atoms with Crippen molar-refractivity contribution >= 4 is 23.0 Å². The zero-order valence-corrected chi connectivity index (χ0v) is 14.9. The van der Waals surface area contributed by atoms with Crippen LogP contribution in [-0.2, 0) is 0 Å². The van der Waals surface area contributed by atoms with Gasteiger partial charge in [0.2, 0.25) is 17.1 Å². The van der Waals surface area contributed by atoms with Crippen molar-refractivity contribution in [2.24, 2.45) is 0 Å². The Bertz CT molecular complexity index is 1290. The number of nitrogens with zero attached hydrogens (tertiary/aromatic N) is 4. The Morgan fingerprint density at radius 2 is 1.64 bits per heavy atom. The van der Waals surface area contributed by atoms with Crippen molar-refractivity contribution in [3.63, 3.8) is 0 Å². The summed E-state index contributed by atoms with van der Waals surface area (Å²) in [6, 6.07) is 10.4. The van der Waals surface area contributed by atoms with E-state index < -0.39 is 5.97 Å². The van der Waals surface area contributed by atoms with Gasteiger partial charge in [0.05, 0.1) is 5.56 Å². The fourth-order valence-electron chi connectivity index (χ4n) is 3.31. The highest BCUT2D eigenvalue weighted by Crippen LogP contribution is 2.41. The largest absolute Gasteiger partial charge is 0.423 e. The number of ether oxygens (including phenoxy) is 1. The van der Waals surface area contributed by atoms with E-state index in [4.69, 9.17) is 4.74 Å². The summed E-state index contributed by atoms with van der Waals surface area (Å²) in [5, 5.41) is 7.33. The molecule has 0 saturated heterocycles. The minimum Gasteiger partial charge on any atom is -0.423 e. The molecule has 0 spiro atoms. The van der Waals surface area contributed by atoms with Gasteiger partial charge in [-0.1, -0.05) is 18.2 Å². The van der Waals surface area contributed by atoms with Crippen molar-refractivity contribution in [2.75, 3.05) is 0 Å². The molecular weight excluding hydrogens is 360 g/mol. The van der Waals surface area contributed by atoms with Gasteiger partial charge < -0.3 is 4.74 Å². The molecule has 8 nitrogen and oxygen atoms in total. The Labute approximate surface area is 158 Å². The summed E-state index contributed by atoms with van der Waals surface area (Å²) >= 11 is 0. The van der Waals surface area contributed by atoms with Gasteiger partial charge in [-0.15, -0.1) is 0 Å². The third-order valence-electron chi connectivity index (χ3n) is 4.88. The lowest BCUT2D eigenvalue weighted by Crippen LogP contribution is -2.10. The maximum absolute atomic E-state index is 12.9. The number of hydrogen-bond donors (Lipinski definition) is 0. The fraction of sp³-hybridized carbons (Fsp3) is 0.100. The molecule has 1 aliphatic rings. The van der Waals surface area contributed by atoms with Gasteiger partial charge in [-0.2, -0.15) is 0 Å². The van der Waals surface area contributed by atoms with E-state index >= 15 is 0 Å². The van der Waals surface area contributed by atoms with Gasteiger partial charge >= 0.3 is 5.97 Å². The van der Waals surface area contributed by atoms with E-state index in [1.165, 1.54) is 0 Å². The third kappa shape index (κ3) is 2.24. The number of aromatic nitrogens is 4. The van der Waals surface area contributed by atoms with Crippen molar-refractivity contribution in [3.8, 4) is 17.0 Å². The quantitative estimate of drug-likeness (QED) is 0.344. The average molecular weight is 372 g/mol. The van der Waals surface area contributed by atoms with Crippen LogP contribution in [0, 0.1) is 13.8 Å². The molecule has 2 heterocycles. The average Bonchev–Trinajstić information content (AvgIpc) is 3.27. The molecule has 8 heteroatoms. The van der Waals surface area contributed by atoms with Crippen LogP contribution >= 0.6 is 0 Å². The SMILES string of the molecule is Cc1c(OC(=O)c2ccccc2)cc2c(c1C)C(=O)c1nc3nonc3nc1-2. The molecular formula is C20H12N4O4. The van der Waals surface area contributed by atoms with Crippen molar-refractivity contribution in [2.45, 2.75) is 13.8 Å². The molecule has 0 atom stereocenters. The van der Waals surface area contributed by atoms with Crippen molar-refractivity contribution in [1.82, 2.24) is 20.3 Å². The Morgan fingerprint density at radius 3 is 2.36 bits per heavy atom. The molecule has 0 amide bonds. The monoisotopic (exact) mass is 372 g/mol. The van der Waals surface area contributed by atoms with E-state index in [1.807, 2.05) is 13.0 Å². The number of rotatable bonds is 2. The number of esters is 1. The van der Waals surface area contributed by atoms with Crippen LogP contribution in [0.25, 0.3) is 22.6 Å². The minimum absolute atomic E-state index is 0.171. The van der Waals surface area contributed by atoms with Crippen molar-refractivity contribution in [1.29, 1.82) is 0 Å². The zero-order valence-electron chi connectivity index (χ0n) is 14.9. The molecule has 0 radical (unpaired) electrons. The van der Waals surface area contributed by atoms with Gasteiger partial charge in [0.15, 0.2) is 0 Å². The van der Waals surface area contributed by atoms with Gasteiger partial charge in [-0.3, -0.25) is 4.79 Å². The molecule has 0 aliphatic heterocycles. The van der Waals surface area contributed by atoms with Crippen molar-refractivity contribution < 1.29 is 19.0 Å². The molecule has 2 aromatic carbocycles. The van der Waals surface area contributed by atoms with Gasteiger partial charge in [-0.05, 0) is 53.5 Å². The highest BCUT2D eigenvalue weighted by atomic mass is 16.6. The Morgan fingerprint density at radius 1 is 0.964 bits per heavy atom. The minimum atomic E-state index is -0.477. The van der Waals surface area contributed by atoms with E-state index in [0.29, 0.717) is 39.3 Å². The number of carbonyl (C=O) groups is 2. The fourth-order valence-corrected chi connectivity index (χ4v) is 3.31. The van der Waals surface area contributed by atoms with Crippen molar-refractivity contribution in [3.05, 3.63) is 64.3 Å². The molecule has 0 N–H and O–H groups in total. The predicted molar refractivity (Wildman–Crippen MR) is 97.1 cm³/mol. The first-order valence-electron chi connectivity index (χ1n) is 8.51. The number of benzene rings is 2. The lowest BCUT2D eigenvalue weighted by Gasteiger charge is -2.13. The lowest BCUT2D eigenvalue weighted by atomic mass is 9.97. The summed E-state index contributed by atoms with van der Waals surface area (Å²) in [4.78, 5) is 34.0. The summed E-state index contributed by atoms with van der Waals surface area (Å²) in [5.41, 5.74) is 3.85. The third-order valence-corrected chi connectivity index (χ3v) is 4.88. The van der Waals surface area contributed by atoms with Crippen LogP contribution in [-0.4, -0.2) is 32.0 Å².